The Balaban J connectivity index is 1.75. The maximum atomic E-state index is 13.6. The van der Waals surface area contributed by atoms with Crippen LogP contribution in [0.25, 0.3) is 5.76 Å². The lowest BCUT2D eigenvalue weighted by molar-refractivity contribution is -0.140. The SMILES string of the molecule is Cc1n[nH]c(C)c1C(O)=C1C(=O)C(=O)N(CCN2CCOCC2)[C@@H]1c1ccc(F)cc1. The standard InChI is InChI=1S/C22H25FN4O4/c1-13-17(14(2)25-24-13)20(28)18-19(15-3-5-16(23)6-4-15)27(22(30)21(18)29)8-7-26-9-11-31-12-10-26/h3-6,19,28H,7-12H2,1-2H3,(H,24,25)/t19-/m1/s1. The highest BCUT2D eigenvalue weighted by Crippen LogP contribution is 2.40. The highest BCUT2D eigenvalue weighted by atomic mass is 19.1. The number of aromatic amines is 1. The zero-order chi connectivity index (χ0) is 22.1. The molecule has 1 atom stereocenters. The van der Waals surface area contributed by atoms with E-state index < -0.39 is 23.5 Å². The molecule has 2 aliphatic rings. The first-order valence-electron chi connectivity index (χ1n) is 10.2. The number of hydrogen-bond donors (Lipinski definition) is 2. The summed E-state index contributed by atoms with van der Waals surface area (Å²) >= 11 is 0. The van der Waals surface area contributed by atoms with Crippen LogP contribution >= 0.6 is 0 Å². The van der Waals surface area contributed by atoms with E-state index in [1.165, 1.54) is 29.2 Å². The minimum Gasteiger partial charge on any atom is -0.507 e. The lowest BCUT2D eigenvalue weighted by Crippen LogP contribution is -2.42. The van der Waals surface area contributed by atoms with Crippen LogP contribution in [0, 0.1) is 19.7 Å². The topological polar surface area (TPSA) is 98.8 Å². The molecule has 0 radical (unpaired) electrons. The minimum absolute atomic E-state index is 0.00816. The van der Waals surface area contributed by atoms with Crippen LogP contribution in [-0.2, 0) is 14.3 Å². The highest BCUT2D eigenvalue weighted by molar-refractivity contribution is 6.46. The fraction of sp³-hybridized carbons (Fsp3) is 0.409. The summed E-state index contributed by atoms with van der Waals surface area (Å²) in [5.41, 5.74) is 2.06. The number of Topliss-reactive ketones (excluding diaryl/α,β-unsaturated/α-hetero) is 1. The van der Waals surface area contributed by atoms with Gasteiger partial charge < -0.3 is 14.7 Å². The molecule has 4 rings (SSSR count). The van der Waals surface area contributed by atoms with Crippen molar-refractivity contribution in [3.8, 4) is 0 Å². The van der Waals surface area contributed by atoms with Crippen molar-refractivity contribution >= 4 is 17.4 Å². The number of nitrogens with one attached hydrogen (secondary N) is 1. The number of carbonyl (C=O) groups excluding carboxylic acids is 2. The number of halogens is 1. The number of ketones is 1. The molecule has 164 valence electrons. The average molecular weight is 428 g/mol. The molecule has 0 unspecified atom stereocenters. The second kappa shape index (κ2) is 8.60. The summed E-state index contributed by atoms with van der Waals surface area (Å²) in [7, 11) is 0. The maximum Gasteiger partial charge on any atom is 0.295 e. The number of aliphatic hydroxyl groups excluding tert-OH is 1. The van der Waals surface area contributed by atoms with E-state index in [4.69, 9.17) is 4.74 Å². The summed E-state index contributed by atoms with van der Waals surface area (Å²) in [4.78, 5) is 29.6. The summed E-state index contributed by atoms with van der Waals surface area (Å²) < 4.78 is 18.9. The Morgan fingerprint density at radius 2 is 1.87 bits per heavy atom. The van der Waals surface area contributed by atoms with Gasteiger partial charge in [-0.15, -0.1) is 0 Å². The number of aryl methyl sites for hydroxylation is 2. The number of rotatable bonds is 5. The van der Waals surface area contributed by atoms with Crippen LogP contribution in [-0.4, -0.2) is 76.2 Å². The number of aromatic nitrogens is 2. The van der Waals surface area contributed by atoms with Crippen molar-refractivity contribution in [1.82, 2.24) is 20.0 Å². The van der Waals surface area contributed by atoms with Crippen molar-refractivity contribution in [1.29, 1.82) is 0 Å². The molecular formula is C22H25FN4O4. The Bertz CT molecular complexity index is 1010. The quantitative estimate of drug-likeness (QED) is 0.429. The van der Waals surface area contributed by atoms with Gasteiger partial charge in [-0.25, -0.2) is 4.39 Å². The molecule has 0 bridgehead atoms. The van der Waals surface area contributed by atoms with Crippen LogP contribution in [0.15, 0.2) is 29.8 Å². The van der Waals surface area contributed by atoms with Gasteiger partial charge >= 0.3 is 0 Å². The monoisotopic (exact) mass is 428 g/mol. The molecule has 0 saturated carbocycles. The molecule has 2 aliphatic heterocycles. The van der Waals surface area contributed by atoms with Crippen molar-refractivity contribution in [2.45, 2.75) is 19.9 Å². The van der Waals surface area contributed by atoms with Gasteiger partial charge in [0.15, 0.2) is 0 Å². The second-order valence-electron chi connectivity index (χ2n) is 7.81. The first kappa shape index (κ1) is 21.2. The summed E-state index contributed by atoms with van der Waals surface area (Å²) in [5.74, 6) is -2.13. The summed E-state index contributed by atoms with van der Waals surface area (Å²) in [6.07, 6.45) is 0. The van der Waals surface area contributed by atoms with Crippen LogP contribution in [0.3, 0.4) is 0 Å². The lowest BCUT2D eigenvalue weighted by Gasteiger charge is -2.31. The number of benzene rings is 1. The largest absolute Gasteiger partial charge is 0.507 e. The van der Waals surface area contributed by atoms with Gasteiger partial charge in [-0.1, -0.05) is 12.1 Å². The van der Waals surface area contributed by atoms with Crippen molar-refractivity contribution in [2.24, 2.45) is 0 Å². The van der Waals surface area contributed by atoms with Crippen LogP contribution < -0.4 is 0 Å². The fourth-order valence-electron chi connectivity index (χ4n) is 4.21. The Morgan fingerprint density at radius 1 is 1.19 bits per heavy atom. The zero-order valence-corrected chi connectivity index (χ0v) is 17.5. The smallest absolute Gasteiger partial charge is 0.295 e. The number of amides is 1. The summed E-state index contributed by atoms with van der Waals surface area (Å²) in [5, 5.41) is 18.0. The van der Waals surface area contributed by atoms with Gasteiger partial charge in [0, 0.05) is 31.9 Å². The Kier molecular flexibility index (Phi) is 5.88. The molecule has 1 aromatic heterocycles. The number of morpholine rings is 1. The molecule has 31 heavy (non-hydrogen) atoms. The predicted octanol–water partition coefficient (Wildman–Crippen LogP) is 1.92. The molecule has 2 fully saturated rings. The molecule has 2 aromatic rings. The number of H-pyrrole nitrogens is 1. The lowest BCUT2D eigenvalue weighted by atomic mass is 9.94. The Morgan fingerprint density at radius 3 is 2.48 bits per heavy atom. The number of nitrogens with zero attached hydrogens (tertiary/aromatic N) is 3. The van der Waals surface area contributed by atoms with Crippen molar-refractivity contribution in [3.63, 3.8) is 0 Å². The van der Waals surface area contributed by atoms with Gasteiger partial charge in [0.25, 0.3) is 11.7 Å². The Hall–Kier alpha value is -3.04. The molecule has 0 aliphatic carbocycles. The van der Waals surface area contributed by atoms with Crippen LogP contribution in [0.2, 0.25) is 0 Å². The van der Waals surface area contributed by atoms with Crippen molar-refractivity contribution in [2.75, 3.05) is 39.4 Å². The van der Waals surface area contributed by atoms with E-state index in [0.29, 0.717) is 48.8 Å². The maximum absolute atomic E-state index is 13.6. The molecule has 2 saturated heterocycles. The number of ether oxygens (including phenoxy) is 1. The van der Waals surface area contributed by atoms with Crippen LogP contribution in [0.5, 0.6) is 0 Å². The van der Waals surface area contributed by atoms with Gasteiger partial charge in [-0.05, 0) is 31.5 Å². The molecular weight excluding hydrogens is 403 g/mol. The molecule has 1 aromatic carbocycles. The number of hydrogen-bond acceptors (Lipinski definition) is 6. The molecule has 9 heteroatoms. The Labute approximate surface area is 179 Å². The molecule has 2 N–H and O–H groups in total. The third kappa shape index (κ3) is 3.98. The van der Waals surface area contributed by atoms with Gasteiger partial charge in [-0.2, -0.15) is 5.10 Å². The highest BCUT2D eigenvalue weighted by Gasteiger charge is 2.46. The van der Waals surface area contributed by atoms with Crippen molar-refractivity contribution in [3.05, 3.63) is 58.2 Å². The third-order valence-electron chi connectivity index (χ3n) is 5.85. The van der Waals surface area contributed by atoms with E-state index in [1.807, 2.05) is 0 Å². The normalized spacial score (nSPS) is 21.8. The first-order valence-corrected chi connectivity index (χ1v) is 10.2. The number of likely N-dealkylation sites (tertiary alicyclic amines) is 1. The molecule has 3 heterocycles. The summed E-state index contributed by atoms with van der Waals surface area (Å²) in [6, 6.07) is 4.83. The fourth-order valence-corrected chi connectivity index (χ4v) is 4.21. The number of aliphatic hydroxyl groups is 1. The summed E-state index contributed by atoms with van der Waals surface area (Å²) in [6.45, 7) is 7.05. The van der Waals surface area contributed by atoms with E-state index in [0.717, 1.165) is 13.1 Å². The van der Waals surface area contributed by atoms with E-state index >= 15 is 0 Å². The van der Waals surface area contributed by atoms with Gasteiger partial charge in [0.1, 0.15) is 11.6 Å². The van der Waals surface area contributed by atoms with Gasteiger partial charge in [0.2, 0.25) is 0 Å². The predicted molar refractivity (Wildman–Crippen MR) is 111 cm³/mol. The van der Waals surface area contributed by atoms with E-state index in [1.54, 1.807) is 13.8 Å². The molecule has 8 nitrogen and oxygen atoms in total. The second-order valence-corrected chi connectivity index (χ2v) is 7.81. The van der Waals surface area contributed by atoms with E-state index in [2.05, 4.69) is 15.1 Å². The van der Waals surface area contributed by atoms with Crippen LogP contribution in [0.4, 0.5) is 4.39 Å². The van der Waals surface area contributed by atoms with Crippen LogP contribution in [0.1, 0.15) is 28.6 Å². The van der Waals surface area contributed by atoms with Gasteiger partial charge in [0.05, 0.1) is 36.1 Å². The molecule has 1 amide bonds. The first-order chi connectivity index (χ1) is 14.9. The third-order valence-corrected chi connectivity index (χ3v) is 5.85. The zero-order valence-electron chi connectivity index (χ0n) is 17.5. The van der Waals surface area contributed by atoms with E-state index in [-0.39, 0.29) is 11.3 Å². The minimum atomic E-state index is -0.810. The van der Waals surface area contributed by atoms with Gasteiger partial charge in [-0.3, -0.25) is 19.6 Å². The molecule has 0 spiro atoms. The van der Waals surface area contributed by atoms with E-state index in [9.17, 15) is 19.1 Å². The number of carbonyl (C=O) groups is 2. The van der Waals surface area contributed by atoms with Crippen molar-refractivity contribution < 1.29 is 23.8 Å². The average Bonchev–Trinajstić information content (AvgIpc) is 3.23.